The van der Waals surface area contributed by atoms with Crippen LogP contribution in [-0.2, 0) is 13.5 Å². The molecule has 0 saturated heterocycles. The maximum atomic E-state index is 6.12. The van der Waals surface area contributed by atoms with Gasteiger partial charge >= 0.3 is 0 Å². The van der Waals surface area contributed by atoms with Gasteiger partial charge in [-0.05, 0) is 12.3 Å². The number of nitrogens with zero attached hydrogens (tertiary/aromatic N) is 2. The van der Waals surface area contributed by atoms with Crippen molar-refractivity contribution in [3.05, 3.63) is 16.4 Å². The Hall–Kier alpha value is -0.0200. The van der Waals surface area contributed by atoms with Crippen LogP contribution in [0.1, 0.15) is 31.0 Å². The number of halogens is 2. The van der Waals surface area contributed by atoms with E-state index in [9.17, 15) is 0 Å². The van der Waals surface area contributed by atoms with Crippen molar-refractivity contribution < 1.29 is 0 Å². The van der Waals surface area contributed by atoms with E-state index in [0.717, 1.165) is 22.6 Å². The van der Waals surface area contributed by atoms with Gasteiger partial charge in [0.25, 0.3) is 0 Å². The molecule has 0 amide bonds. The lowest BCUT2D eigenvalue weighted by molar-refractivity contribution is 0.712. The molecule has 0 aliphatic heterocycles. The Labute approximate surface area is 92.4 Å². The van der Waals surface area contributed by atoms with Crippen molar-refractivity contribution in [3.63, 3.8) is 0 Å². The number of alkyl halides is 1. The number of aryl methyl sites for hydroxylation is 1. The molecule has 0 unspecified atom stereocenters. The van der Waals surface area contributed by atoms with E-state index in [0.29, 0.717) is 5.92 Å². The van der Waals surface area contributed by atoms with Gasteiger partial charge in [-0.15, -0.1) is 0 Å². The standard InChI is InChI=1S/C9H14BrClN2/c1-6(2)8-7(4-5-10)9(11)13(3)12-8/h6H,4-5H2,1-3H3. The van der Waals surface area contributed by atoms with Crippen molar-refractivity contribution in [1.82, 2.24) is 9.78 Å². The van der Waals surface area contributed by atoms with E-state index < -0.39 is 0 Å². The van der Waals surface area contributed by atoms with Crippen molar-refractivity contribution in [3.8, 4) is 0 Å². The average molecular weight is 266 g/mol. The molecule has 0 bridgehead atoms. The summed E-state index contributed by atoms with van der Waals surface area (Å²) in [5.74, 6) is 0.438. The van der Waals surface area contributed by atoms with E-state index in [1.54, 1.807) is 4.68 Å². The third-order valence-electron chi connectivity index (χ3n) is 1.99. The Bertz CT molecular complexity index is 294. The molecular weight excluding hydrogens is 251 g/mol. The highest BCUT2D eigenvalue weighted by atomic mass is 79.9. The molecule has 4 heteroatoms. The van der Waals surface area contributed by atoms with Gasteiger partial charge in [-0.1, -0.05) is 41.4 Å². The molecule has 0 atom stereocenters. The summed E-state index contributed by atoms with van der Waals surface area (Å²) in [5.41, 5.74) is 2.29. The summed E-state index contributed by atoms with van der Waals surface area (Å²) >= 11 is 9.53. The number of hydrogen-bond acceptors (Lipinski definition) is 1. The summed E-state index contributed by atoms with van der Waals surface area (Å²) < 4.78 is 1.74. The molecule has 2 nitrogen and oxygen atoms in total. The Morgan fingerprint density at radius 3 is 2.62 bits per heavy atom. The van der Waals surface area contributed by atoms with Gasteiger partial charge in [0.2, 0.25) is 0 Å². The van der Waals surface area contributed by atoms with Crippen molar-refractivity contribution in [2.75, 3.05) is 5.33 Å². The van der Waals surface area contributed by atoms with E-state index in [1.807, 2.05) is 7.05 Å². The van der Waals surface area contributed by atoms with Gasteiger partial charge in [0.15, 0.2) is 0 Å². The molecule has 1 rings (SSSR count). The lowest BCUT2D eigenvalue weighted by atomic mass is 10.1. The van der Waals surface area contributed by atoms with Crippen molar-refractivity contribution in [1.29, 1.82) is 0 Å². The minimum absolute atomic E-state index is 0.438. The fourth-order valence-electron chi connectivity index (χ4n) is 1.36. The Balaban J connectivity index is 3.11. The van der Waals surface area contributed by atoms with E-state index in [2.05, 4.69) is 34.9 Å². The molecule has 0 aromatic carbocycles. The van der Waals surface area contributed by atoms with Crippen LogP contribution in [0.5, 0.6) is 0 Å². The SMILES string of the molecule is CC(C)c1nn(C)c(Cl)c1CCBr. The zero-order valence-corrected chi connectivity index (χ0v) is 10.5. The molecular formula is C9H14BrClN2. The number of rotatable bonds is 3. The summed E-state index contributed by atoms with van der Waals surface area (Å²) in [6.45, 7) is 4.27. The Kier molecular flexibility index (Phi) is 3.80. The third kappa shape index (κ3) is 2.26. The lowest BCUT2D eigenvalue weighted by Gasteiger charge is -2.03. The van der Waals surface area contributed by atoms with Gasteiger partial charge in [0, 0.05) is 17.9 Å². The van der Waals surface area contributed by atoms with Crippen LogP contribution in [-0.4, -0.2) is 15.1 Å². The zero-order valence-electron chi connectivity index (χ0n) is 8.14. The number of aromatic nitrogens is 2. The van der Waals surface area contributed by atoms with Crippen LogP contribution in [0.15, 0.2) is 0 Å². The molecule has 1 heterocycles. The van der Waals surface area contributed by atoms with Crippen molar-refractivity contribution in [2.24, 2.45) is 7.05 Å². The monoisotopic (exact) mass is 264 g/mol. The Morgan fingerprint density at radius 1 is 1.54 bits per heavy atom. The van der Waals surface area contributed by atoms with Crippen LogP contribution in [0.25, 0.3) is 0 Å². The van der Waals surface area contributed by atoms with Crippen molar-refractivity contribution in [2.45, 2.75) is 26.2 Å². The van der Waals surface area contributed by atoms with Gasteiger partial charge in [0.1, 0.15) is 5.15 Å². The maximum absolute atomic E-state index is 6.12. The predicted molar refractivity (Wildman–Crippen MR) is 59.8 cm³/mol. The van der Waals surface area contributed by atoms with Crippen LogP contribution in [0.2, 0.25) is 5.15 Å². The average Bonchev–Trinajstić information content (AvgIpc) is 2.33. The van der Waals surface area contributed by atoms with Crippen LogP contribution in [0, 0.1) is 0 Å². The summed E-state index contributed by atoms with van der Waals surface area (Å²) in [5, 5.41) is 6.09. The first-order valence-electron chi connectivity index (χ1n) is 4.35. The van der Waals surface area contributed by atoms with Crippen molar-refractivity contribution >= 4 is 27.5 Å². The molecule has 0 aliphatic carbocycles. The molecule has 0 radical (unpaired) electrons. The first-order valence-corrected chi connectivity index (χ1v) is 5.85. The molecule has 0 aliphatic rings. The summed E-state index contributed by atoms with van der Waals surface area (Å²) in [6.07, 6.45) is 0.945. The maximum Gasteiger partial charge on any atom is 0.130 e. The van der Waals surface area contributed by atoms with E-state index in [1.165, 1.54) is 5.56 Å². The smallest absolute Gasteiger partial charge is 0.130 e. The van der Waals surface area contributed by atoms with Gasteiger partial charge < -0.3 is 0 Å². The second-order valence-electron chi connectivity index (χ2n) is 3.37. The molecule has 1 aromatic rings. The van der Waals surface area contributed by atoms with Crippen LogP contribution in [0.3, 0.4) is 0 Å². The molecule has 0 saturated carbocycles. The van der Waals surface area contributed by atoms with Crippen LogP contribution >= 0.6 is 27.5 Å². The quantitative estimate of drug-likeness (QED) is 0.768. The third-order valence-corrected chi connectivity index (χ3v) is 2.86. The molecule has 0 N–H and O–H groups in total. The fraction of sp³-hybridized carbons (Fsp3) is 0.667. The topological polar surface area (TPSA) is 17.8 Å². The van der Waals surface area contributed by atoms with E-state index >= 15 is 0 Å². The van der Waals surface area contributed by atoms with E-state index in [4.69, 9.17) is 11.6 Å². The molecule has 1 aromatic heterocycles. The van der Waals surface area contributed by atoms with Crippen LogP contribution < -0.4 is 0 Å². The highest BCUT2D eigenvalue weighted by molar-refractivity contribution is 9.09. The first kappa shape index (κ1) is 11.1. The minimum Gasteiger partial charge on any atom is -0.257 e. The first-order chi connectivity index (χ1) is 6.07. The molecule has 0 spiro atoms. The molecule has 0 fully saturated rings. The van der Waals surface area contributed by atoms with Gasteiger partial charge in [-0.2, -0.15) is 5.10 Å². The molecule has 13 heavy (non-hydrogen) atoms. The zero-order chi connectivity index (χ0) is 10.0. The molecule has 74 valence electrons. The predicted octanol–water partition coefficient (Wildman–Crippen LogP) is 3.13. The number of hydrogen-bond donors (Lipinski definition) is 0. The largest absolute Gasteiger partial charge is 0.257 e. The minimum atomic E-state index is 0.438. The summed E-state index contributed by atoms with van der Waals surface area (Å²) in [4.78, 5) is 0. The second-order valence-corrected chi connectivity index (χ2v) is 4.52. The summed E-state index contributed by atoms with van der Waals surface area (Å²) in [6, 6.07) is 0. The van der Waals surface area contributed by atoms with Gasteiger partial charge in [-0.25, -0.2) is 0 Å². The lowest BCUT2D eigenvalue weighted by Crippen LogP contribution is -1.95. The normalized spacial score (nSPS) is 11.2. The second kappa shape index (κ2) is 4.47. The Morgan fingerprint density at radius 2 is 2.15 bits per heavy atom. The highest BCUT2D eigenvalue weighted by Gasteiger charge is 2.15. The fourth-order valence-corrected chi connectivity index (χ4v) is 1.98. The van der Waals surface area contributed by atoms with Gasteiger partial charge in [-0.3, -0.25) is 4.68 Å². The van der Waals surface area contributed by atoms with E-state index in [-0.39, 0.29) is 0 Å². The highest BCUT2D eigenvalue weighted by Crippen LogP contribution is 2.25. The van der Waals surface area contributed by atoms with Gasteiger partial charge in [0.05, 0.1) is 5.69 Å². The summed E-state index contributed by atoms with van der Waals surface area (Å²) in [7, 11) is 1.88. The van der Waals surface area contributed by atoms with Crippen LogP contribution in [0.4, 0.5) is 0 Å².